The Labute approximate surface area is 60.2 Å². The Morgan fingerprint density at radius 2 is 2.22 bits per heavy atom. The number of fused-ring (bicyclic) bond motifs is 1. The third-order valence-electron chi connectivity index (χ3n) is 1.16. The summed E-state index contributed by atoms with van der Waals surface area (Å²) in [7, 11) is 0. The summed E-state index contributed by atoms with van der Waals surface area (Å²) in [4.78, 5) is 0. The lowest BCUT2D eigenvalue weighted by molar-refractivity contribution is 0.484. The van der Waals surface area contributed by atoms with Crippen molar-refractivity contribution in [3.05, 3.63) is 16.8 Å². The van der Waals surface area contributed by atoms with Crippen LogP contribution in [0.3, 0.4) is 0 Å². The molecule has 0 aliphatic carbocycles. The van der Waals surface area contributed by atoms with Crippen LogP contribution in [0, 0.1) is 0 Å². The standard InChI is InChI=1S/C6H4OS2/c7-4-3-9-5-1-2-8-6(4)5/h1-3,7H. The van der Waals surface area contributed by atoms with Crippen molar-refractivity contribution >= 4 is 32.1 Å². The first-order valence-electron chi connectivity index (χ1n) is 2.51. The molecule has 0 saturated carbocycles. The second kappa shape index (κ2) is 1.72. The van der Waals surface area contributed by atoms with Gasteiger partial charge in [-0.15, -0.1) is 22.7 Å². The lowest BCUT2D eigenvalue weighted by Crippen LogP contribution is -1.45. The monoisotopic (exact) mass is 156 g/mol. The molecule has 0 radical (unpaired) electrons. The molecule has 0 bridgehead atoms. The quantitative estimate of drug-likeness (QED) is 0.621. The smallest absolute Gasteiger partial charge is 0.144 e. The molecule has 0 aromatic carbocycles. The Hall–Kier alpha value is -0.540. The predicted molar refractivity (Wildman–Crippen MR) is 41.4 cm³/mol. The second-order valence-electron chi connectivity index (χ2n) is 1.73. The van der Waals surface area contributed by atoms with Gasteiger partial charge in [-0.25, -0.2) is 0 Å². The molecule has 1 N–H and O–H groups in total. The van der Waals surface area contributed by atoms with Crippen LogP contribution in [0.1, 0.15) is 0 Å². The highest BCUT2D eigenvalue weighted by Gasteiger charge is 2.00. The minimum absolute atomic E-state index is 0.421. The van der Waals surface area contributed by atoms with E-state index in [9.17, 15) is 0 Å². The Kier molecular flexibility index (Phi) is 1.00. The van der Waals surface area contributed by atoms with E-state index in [1.165, 1.54) is 4.70 Å². The Balaban J connectivity index is 2.99. The molecule has 0 atom stereocenters. The van der Waals surface area contributed by atoms with Crippen molar-refractivity contribution < 1.29 is 5.11 Å². The van der Waals surface area contributed by atoms with E-state index in [1.807, 2.05) is 11.4 Å². The molecule has 0 aliphatic rings. The van der Waals surface area contributed by atoms with Crippen molar-refractivity contribution in [1.29, 1.82) is 0 Å². The zero-order chi connectivity index (χ0) is 6.27. The van der Waals surface area contributed by atoms with Gasteiger partial charge in [-0.2, -0.15) is 0 Å². The zero-order valence-corrected chi connectivity index (χ0v) is 6.13. The lowest BCUT2D eigenvalue weighted by atomic mass is 10.5. The molecule has 46 valence electrons. The Bertz CT molecular complexity index is 320. The molecule has 0 unspecified atom stereocenters. The van der Waals surface area contributed by atoms with Gasteiger partial charge in [0, 0.05) is 10.1 Å². The number of aromatic hydroxyl groups is 1. The van der Waals surface area contributed by atoms with Crippen LogP contribution in [0.5, 0.6) is 5.75 Å². The third-order valence-corrected chi connectivity index (χ3v) is 3.16. The fraction of sp³-hybridized carbons (Fsp3) is 0. The zero-order valence-electron chi connectivity index (χ0n) is 4.50. The van der Waals surface area contributed by atoms with Gasteiger partial charge in [0.25, 0.3) is 0 Å². The van der Waals surface area contributed by atoms with Crippen LogP contribution in [0.4, 0.5) is 0 Å². The molecular formula is C6H4OS2. The van der Waals surface area contributed by atoms with E-state index in [0.29, 0.717) is 5.75 Å². The van der Waals surface area contributed by atoms with E-state index >= 15 is 0 Å². The first-order valence-corrected chi connectivity index (χ1v) is 4.27. The summed E-state index contributed by atoms with van der Waals surface area (Å²) in [6, 6.07) is 2.02. The van der Waals surface area contributed by atoms with Crippen molar-refractivity contribution in [3.63, 3.8) is 0 Å². The van der Waals surface area contributed by atoms with E-state index in [0.717, 1.165) is 4.70 Å². The van der Waals surface area contributed by atoms with Crippen LogP contribution >= 0.6 is 22.7 Å². The molecule has 2 aromatic rings. The number of hydrogen-bond donors (Lipinski definition) is 1. The van der Waals surface area contributed by atoms with Crippen LogP contribution in [-0.4, -0.2) is 5.11 Å². The summed E-state index contributed by atoms with van der Waals surface area (Å²) in [6.45, 7) is 0. The summed E-state index contributed by atoms with van der Waals surface area (Å²) in [6.07, 6.45) is 0. The number of hydrogen-bond acceptors (Lipinski definition) is 3. The Morgan fingerprint density at radius 1 is 1.33 bits per heavy atom. The molecule has 9 heavy (non-hydrogen) atoms. The summed E-state index contributed by atoms with van der Waals surface area (Å²) in [5.74, 6) is 0.421. The Morgan fingerprint density at radius 3 is 3.00 bits per heavy atom. The van der Waals surface area contributed by atoms with Gasteiger partial charge in [-0.1, -0.05) is 0 Å². The minimum atomic E-state index is 0.421. The molecule has 1 nitrogen and oxygen atoms in total. The highest BCUT2D eigenvalue weighted by atomic mass is 32.1. The lowest BCUT2D eigenvalue weighted by Gasteiger charge is -1.75. The van der Waals surface area contributed by atoms with Crippen LogP contribution in [0.25, 0.3) is 9.40 Å². The SMILES string of the molecule is Oc1csc2ccsc12. The van der Waals surface area contributed by atoms with E-state index in [1.54, 1.807) is 28.1 Å². The van der Waals surface area contributed by atoms with E-state index in [2.05, 4.69) is 0 Å². The average Bonchev–Trinajstić information content (AvgIpc) is 2.35. The molecule has 0 aliphatic heterocycles. The van der Waals surface area contributed by atoms with Gasteiger partial charge in [-0.05, 0) is 11.4 Å². The normalized spacial score (nSPS) is 10.7. The summed E-state index contributed by atoms with van der Waals surface area (Å²) < 4.78 is 2.19. The highest BCUT2D eigenvalue weighted by Crippen LogP contribution is 2.34. The van der Waals surface area contributed by atoms with Crippen molar-refractivity contribution in [2.75, 3.05) is 0 Å². The molecule has 0 amide bonds. The molecule has 0 fully saturated rings. The van der Waals surface area contributed by atoms with Gasteiger partial charge in [-0.3, -0.25) is 0 Å². The molecule has 3 heteroatoms. The van der Waals surface area contributed by atoms with Gasteiger partial charge in [0.15, 0.2) is 0 Å². The molecule has 2 aromatic heterocycles. The highest BCUT2D eigenvalue weighted by molar-refractivity contribution is 7.26. The van der Waals surface area contributed by atoms with Crippen molar-refractivity contribution in [3.8, 4) is 5.75 Å². The summed E-state index contributed by atoms with van der Waals surface area (Å²) in [5.41, 5.74) is 0. The first kappa shape index (κ1) is 5.26. The summed E-state index contributed by atoms with van der Waals surface area (Å²) >= 11 is 3.16. The van der Waals surface area contributed by atoms with Crippen LogP contribution in [-0.2, 0) is 0 Å². The maximum atomic E-state index is 9.12. The number of thiophene rings is 2. The van der Waals surface area contributed by atoms with Gasteiger partial charge in [0.2, 0.25) is 0 Å². The third kappa shape index (κ3) is 0.653. The number of rotatable bonds is 0. The van der Waals surface area contributed by atoms with Crippen molar-refractivity contribution in [2.45, 2.75) is 0 Å². The fourth-order valence-electron chi connectivity index (χ4n) is 0.750. The molecule has 2 heterocycles. The fourth-order valence-corrected chi connectivity index (χ4v) is 2.62. The largest absolute Gasteiger partial charge is 0.506 e. The topological polar surface area (TPSA) is 20.2 Å². The molecule has 0 spiro atoms. The molecule has 0 saturated heterocycles. The van der Waals surface area contributed by atoms with Crippen molar-refractivity contribution in [2.24, 2.45) is 0 Å². The summed E-state index contributed by atoms with van der Waals surface area (Å²) in [5, 5.41) is 12.9. The maximum absolute atomic E-state index is 9.12. The molecular weight excluding hydrogens is 152 g/mol. The van der Waals surface area contributed by atoms with E-state index in [4.69, 9.17) is 5.11 Å². The van der Waals surface area contributed by atoms with Gasteiger partial charge in [0.1, 0.15) is 5.75 Å². The van der Waals surface area contributed by atoms with Crippen LogP contribution < -0.4 is 0 Å². The van der Waals surface area contributed by atoms with Crippen LogP contribution in [0.15, 0.2) is 16.8 Å². The minimum Gasteiger partial charge on any atom is -0.506 e. The average molecular weight is 156 g/mol. The van der Waals surface area contributed by atoms with Crippen LogP contribution in [0.2, 0.25) is 0 Å². The van der Waals surface area contributed by atoms with Gasteiger partial charge >= 0.3 is 0 Å². The van der Waals surface area contributed by atoms with Gasteiger partial charge in [0.05, 0.1) is 4.70 Å². The van der Waals surface area contributed by atoms with E-state index < -0.39 is 0 Å². The molecule has 2 rings (SSSR count). The first-order chi connectivity index (χ1) is 4.38. The predicted octanol–water partition coefficient (Wildman–Crippen LogP) is 2.67. The van der Waals surface area contributed by atoms with Crippen molar-refractivity contribution in [1.82, 2.24) is 0 Å². The van der Waals surface area contributed by atoms with Gasteiger partial charge < -0.3 is 5.11 Å². The van der Waals surface area contributed by atoms with E-state index in [-0.39, 0.29) is 0 Å². The maximum Gasteiger partial charge on any atom is 0.144 e. The second-order valence-corrected chi connectivity index (χ2v) is 3.56.